The Morgan fingerprint density at radius 1 is 1.46 bits per heavy atom. The van der Waals surface area contributed by atoms with Gasteiger partial charge in [-0.05, 0) is 40.8 Å². The van der Waals surface area contributed by atoms with Crippen LogP contribution in [-0.2, 0) is 0 Å². The van der Waals surface area contributed by atoms with Crippen LogP contribution in [0.1, 0.15) is 37.7 Å². The van der Waals surface area contributed by atoms with Crippen LogP contribution in [0.3, 0.4) is 0 Å². The predicted molar refractivity (Wildman–Crippen MR) is 61.1 cm³/mol. The number of thiophene rings is 1. The third-order valence-electron chi connectivity index (χ3n) is 1.93. The lowest BCUT2D eigenvalue weighted by atomic mass is 10.0. The SMILES string of the molecule is CC(C)CCC(O)c1cc(Br)cs1. The maximum atomic E-state index is 9.77. The van der Waals surface area contributed by atoms with Gasteiger partial charge in [0.15, 0.2) is 0 Å². The van der Waals surface area contributed by atoms with Crippen LogP contribution >= 0.6 is 27.3 Å². The van der Waals surface area contributed by atoms with Crippen LogP contribution in [0.2, 0.25) is 0 Å². The van der Waals surface area contributed by atoms with E-state index in [1.807, 2.05) is 11.4 Å². The Kier molecular flexibility index (Phi) is 4.42. The maximum absolute atomic E-state index is 9.77. The quantitative estimate of drug-likeness (QED) is 0.871. The molecule has 0 bridgehead atoms. The van der Waals surface area contributed by atoms with E-state index < -0.39 is 0 Å². The summed E-state index contributed by atoms with van der Waals surface area (Å²) in [5, 5.41) is 11.8. The summed E-state index contributed by atoms with van der Waals surface area (Å²) in [7, 11) is 0. The minimum absolute atomic E-state index is 0.279. The van der Waals surface area contributed by atoms with Gasteiger partial charge >= 0.3 is 0 Å². The van der Waals surface area contributed by atoms with Crippen molar-refractivity contribution in [3.05, 3.63) is 20.8 Å². The smallest absolute Gasteiger partial charge is 0.0882 e. The second kappa shape index (κ2) is 5.13. The van der Waals surface area contributed by atoms with Crippen LogP contribution in [-0.4, -0.2) is 5.11 Å². The van der Waals surface area contributed by atoms with Crippen molar-refractivity contribution in [1.82, 2.24) is 0 Å². The van der Waals surface area contributed by atoms with Crippen molar-refractivity contribution in [2.24, 2.45) is 5.92 Å². The summed E-state index contributed by atoms with van der Waals surface area (Å²) in [4.78, 5) is 1.06. The summed E-state index contributed by atoms with van der Waals surface area (Å²) in [6.45, 7) is 4.36. The molecular formula is C10H15BrOS. The van der Waals surface area contributed by atoms with Crippen LogP contribution in [0.15, 0.2) is 15.9 Å². The lowest BCUT2D eigenvalue weighted by molar-refractivity contribution is 0.163. The number of aliphatic hydroxyl groups excluding tert-OH is 1. The van der Waals surface area contributed by atoms with E-state index in [0.29, 0.717) is 5.92 Å². The van der Waals surface area contributed by atoms with E-state index in [0.717, 1.165) is 22.2 Å². The van der Waals surface area contributed by atoms with Crippen molar-refractivity contribution in [3.63, 3.8) is 0 Å². The van der Waals surface area contributed by atoms with E-state index in [2.05, 4.69) is 29.8 Å². The topological polar surface area (TPSA) is 20.2 Å². The molecule has 0 spiro atoms. The summed E-state index contributed by atoms with van der Waals surface area (Å²) in [6, 6.07) is 2.00. The van der Waals surface area contributed by atoms with E-state index in [1.165, 1.54) is 0 Å². The number of halogens is 1. The number of hydrogen-bond donors (Lipinski definition) is 1. The van der Waals surface area contributed by atoms with Gasteiger partial charge in [0.25, 0.3) is 0 Å². The second-order valence-electron chi connectivity index (χ2n) is 3.65. The van der Waals surface area contributed by atoms with Gasteiger partial charge in [0.2, 0.25) is 0 Å². The van der Waals surface area contributed by atoms with Gasteiger partial charge in [0.1, 0.15) is 0 Å². The molecule has 0 aliphatic carbocycles. The lowest BCUT2D eigenvalue weighted by Crippen LogP contribution is -1.97. The van der Waals surface area contributed by atoms with E-state index in [9.17, 15) is 5.11 Å². The Labute approximate surface area is 91.9 Å². The molecule has 0 radical (unpaired) electrons. The molecule has 1 nitrogen and oxygen atoms in total. The highest BCUT2D eigenvalue weighted by Crippen LogP contribution is 2.28. The van der Waals surface area contributed by atoms with Gasteiger partial charge in [0, 0.05) is 14.7 Å². The molecule has 1 N–H and O–H groups in total. The lowest BCUT2D eigenvalue weighted by Gasteiger charge is -2.09. The molecule has 1 rings (SSSR count). The van der Waals surface area contributed by atoms with Gasteiger partial charge in [-0.1, -0.05) is 13.8 Å². The van der Waals surface area contributed by atoms with Gasteiger partial charge < -0.3 is 5.11 Å². The van der Waals surface area contributed by atoms with Crippen LogP contribution in [0.5, 0.6) is 0 Å². The highest BCUT2D eigenvalue weighted by atomic mass is 79.9. The zero-order valence-corrected chi connectivity index (χ0v) is 10.4. The van der Waals surface area contributed by atoms with Crippen molar-refractivity contribution < 1.29 is 5.11 Å². The highest BCUT2D eigenvalue weighted by molar-refractivity contribution is 9.10. The Morgan fingerprint density at radius 3 is 2.62 bits per heavy atom. The first-order chi connectivity index (χ1) is 6.09. The van der Waals surface area contributed by atoms with Crippen molar-refractivity contribution in [2.75, 3.05) is 0 Å². The first-order valence-electron chi connectivity index (χ1n) is 4.51. The van der Waals surface area contributed by atoms with Crippen molar-refractivity contribution >= 4 is 27.3 Å². The normalized spacial score (nSPS) is 13.6. The Hall–Kier alpha value is 0.140. The minimum atomic E-state index is -0.279. The molecule has 1 aromatic heterocycles. The standard InChI is InChI=1S/C10H15BrOS/c1-7(2)3-4-9(12)10-5-8(11)6-13-10/h5-7,9,12H,3-4H2,1-2H3. The Morgan fingerprint density at radius 2 is 2.15 bits per heavy atom. The monoisotopic (exact) mass is 262 g/mol. The summed E-state index contributed by atoms with van der Waals surface area (Å²) in [5.41, 5.74) is 0. The molecule has 0 amide bonds. The van der Waals surface area contributed by atoms with Gasteiger partial charge in [-0.25, -0.2) is 0 Å². The van der Waals surface area contributed by atoms with Gasteiger partial charge in [-0.15, -0.1) is 11.3 Å². The highest BCUT2D eigenvalue weighted by Gasteiger charge is 2.10. The molecule has 0 fully saturated rings. The second-order valence-corrected chi connectivity index (χ2v) is 5.51. The van der Waals surface area contributed by atoms with E-state index in [4.69, 9.17) is 0 Å². The van der Waals surface area contributed by atoms with Crippen LogP contribution in [0.4, 0.5) is 0 Å². The average molecular weight is 263 g/mol. The summed E-state index contributed by atoms with van der Waals surface area (Å²) in [6.07, 6.45) is 1.67. The number of rotatable bonds is 4. The Balaban J connectivity index is 2.44. The molecule has 3 heteroatoms. The van der Waals surface area contributed by atoms with E-state index in [1.54, 1.807) is 11.3 Å². The molecule has 0 saturated carbocycles. The van der Waals surface area contributed by atoms with Crippen molar-refractivity contribution in [1.29, 1.82) is 0 Å². The molecule has 1 heterocycles. The van der Waals surface area contributed by atoms with E-state index >= 15 is 0 Å². The first-order valence-corrected chi connectivity index (χ1v) is 6.19. The molecule has 13 heavy (non-hydrogen) atoms. The van der Waals surface area contributed by atoms with Gasteiger partial charge in [-0.2, -0.15) is 0 Å². The number of hydrogen-bond acceptors (Lipinski definition) is 2. The van der Waals surface area contributed by atoms with Gasteiger partial charge in [0.05, 0.1) is 6.10 Å². The molecule has 1 unspecified atom stereocenters. The predicted octanol–water partition coefficient (Wildman–Crippen LogP) is 3.98. The Bertz CT molecular complexity index is 257. The van der Waals surface area contributed by atoms with Crippen LogP contribution < -0.4 is 0 Å². The summed E-state index contributed by atoms with van der Waals surface area (Å²) in [5.74, 6) is 0.665. The molecule has 0 saturated heterocycles. The zero-order chi connectivity index (χ0) is 9.84. The molecule has 0 aliphatic rings. The average Bonchev–Trinajstić information content (AvgIpc) is 2.47. The van der Waals surface area contributed by atoms with E-state index in [-0.39, 0.29) is 6.10 Å². The van der Waals surface area contributed by atoms with Gasteiger partial charge in [-0.3, -0.25) is 0 Å². The van der Waals surface area contributed by atoms with Crippen LogP contribution in [0.25, 0.3) is 0 Å². The first kappa shape index (κ1) is 11.2. The fourth-order valence-electron chi connectivity index (χ4n) is 1.14. The molecule has 74 valence electrons. The zero-order valence-electron chi connectivity index (χ0n) is 7.96. The summed E-state index contributed by atoms with van der Waals surface area (Å²) >= 11 is 4.99. The molecule has 1 atom stereocenters. The third kappa shape index (κ3) is 3.79. The number of aliphatic hydroxyl groups is 1. The largest absolute Gasteiger partial charge is 0.388 e. The third-order valence-corrected chi connectivity index (χ3v) is 3.73. The van der Waals surface area contributed by atoms with Crippen molar-refractivity contribution in [2.45, 2.75) is 32.8 Å². The minimum Gasteiger partial charge on any atom is -0.388 e. The summed E-state index contributed by atoms with van der Waals surface area (Å²) < 4.78 is 1.07. The molecule has 0 aromatic carbocycles. The fraction of sp³-hybridized carbons (Fsp3) is 0.600. The molecule has 1 aromatic rings. The maximum Gasteiger partial charge on any atom is 0.0882 e. The fourth-order valence-corrected chi connectivity index (χ4v) is 2.60. The van der Waals surface area contributed by atoms with Crippen LogP contribution in [0, 0.1) is 5.92 Å². The molecule has 0 aliphatic heterocycles. The van der Waals surface area contributed by atoms with Crippen molar-refractivity contribution in [3.8, 4) is 0 Å². The molecular weight excluding hydrogens is 248 g/mol.